The molecule has 0 unspecified atom stereocenters. The maximum atomic E-state index is 13.6. The van der Waals surface area contributed by atoms with Crippen LogP contribution < -0.4 is 8.92 Å². The van der Waals surface area contributed by atoms with Crippen molar-refractivity contribution in [3.63, 3.8) is 0 Å². The van der Waals surface area contributed by atoms with Gasteiger partial charge in [-0.15, -0.1) is 0 Å². The van der Waals surface area contributed by atoms with Gasteiger partial charge in [-0.3, -0.25) is 9.59 Å². The first-order chi connectivity index (χ1) is 18.7. The molecule has 0 saturated heterocycles. The van der Waals surface area contributed by atoms with Crippen molar-refractivity contribution in [2.75, 3.05) is 6.61 Å². The lowest BCUT2D eigenvalue weighted by molar-refractivity contribution is -0.120. The number of carbonyl (C=O) groups is 2. The molecule has 1 aliphatic heterocycles. The SMILES string of the molecule is CCOc1cc(C2C3=C(CC(C)(C)CC3=O)OC3=C2C(=O)CC(C)(C)C3)cc(Br)c1OS(=O)(=O)c1ccccc1. The van der Waals surface area contributed by atoms with Crippen LogP contribution in [0.4, 0.5) is 0 Å². The molecule has 2 aromatic carbocycles. The molecule has 2 aliphatic carbocycles. The first kappa shape index (κ1) is 28.6. The molecule has 3 aliphatic rings. The molecule has 9 heteroatoms. The van der Waals surface area contributed by atoms with Gasteiger partial charge in [-0.05, 0) is 63.5 Å². The van der Waals surface area contributed by atoms with Gasteiger partial charge in [0.1, 0.15) is 16.4 Å². The van der Waals surface area contributed by atoms with Crippen molar-refractivity contribution in [1.82, 2.24) is 0 Å². The molecule has 2 aromatic rings. The van der Waals surface area contributed by atoms with E-state index in [0.717, 1.165) is 0 Å². The molecule has 0 saturated carbocycles. The number of ether oxygens (including phenoxy) is 2. The highest BCUT2D eigenvalue weighted by Crippen LogP contribution is 2.54. The Kier molecular flexibility index (Phi) is 7.28. The summed E-state index contributed by atoms with van der Waals surface area (Å²) >= 11 is 3.50. The van der Waals surface area contributed by atoms with Crippen LogP contribution in [0.5, 0.6) is 11.5 Å². The lowest BCUT2D eigenvalue weighted by Crippen LogP contribution is -2.37. The molecule has 212 valence electrons. The van der Waals surface area contributed by atoms with Gasteiger partial charge >= 0.3 is 10.1 Å². The van der Waals surface area contributed by atoms with E-state index in [-0.39, 0.29) is 45.4 Å². The van der Waals surface area contributed by atoms with Crippen LogP contribution in [0.25, 0.3) is 0 Å². The van der Waals surface area contributed by atoms with Gasteiger partial charge in [-0.25, -0.2) is 0 Å². The van der Waals surface area contributed by atoms with E-state index in [9.17, 15) is 18.0 Å². The molecule has 5 rings (SSSR count). The van der Waals surface area contributed by atoms with E-state index in [1.165, 1.54) is 12.1 Å². The van der Waals surface area contributed by atoms with Crippen molar-refractivity contribution >= 4 is 37.6 Å². The van der Waals surface area contributed by atoms with Gasteiger partial charge in [0.15, 0.2) is 23.1 Å². The molecule has 0 aromatic heterocycles. The van der Waals surface area contributed by atoms with Gasteiger partial charge in [0.2, 0.25) is 0 Å². The van der Waals surface area contributed by atoms with E-state index < -0.39 is 16.0 Å². The van der Waals surface area contributed by atoms with Gasteiger partial charge in [0.05, 0.1) is 11.1 Å². The number of Topliss-reactive ketones (excluding diaryl/α,β-unsaturated/α-hetero) is 2. The fourth-order valence-electron chi connectivity index (χ4n) is 5.85. The Labute approximate surface area is 243 Å². The molecule has 0 radical (unpaired) electrons. The molecule has 0 atom stereocenters. The summed E-state index contributed by atoms with van der Waals surface area (Å²) in [6.07, 6.45) is 1.83. The highest BCUT2D eigenvalue weighted by molar-refractivity contribution is 9.10. The van der Waals surface area contributed by atoms with Gasteiger partial charge in [0.25, 0.3) is 0 Å². The fourth-order valence-corrected chi connectivity index (χ4v) is 7.48. The van der Waals surface area contributed by atoms with Crippen LogP contribution in [0.2, 0.25) is 0 Å². The lowest BCUT2D eigenvalue weighted by atomic mass is 9.65. The number of benzene rings is 2. The van der Waals surface area contributed by atoms with E-state index in [4.69, 9.17) is 13.7 Å². The van der Waals surface area contributed by atoms with Crippen LogP contribution in [-0.4, -0.2) is 26.6 Å². The van der Waals surface area contributed by atoms with Gasteiger partial charge in [0, 0.05) is 42.7 Å². The summed E-state index contributed by atoms with van der Waals surface area (Å²) in [5, 5.41) is 0. The predicted molar refractivity (Wildman–Crippen MR) is 153 cm³/mol. The third-order valence-corrected chi connectivity index (χ3v) is 9.30. The van der Waals surface area contributed by atoms with Crippen LogP contribution in [-0.2, 0) is 24.4 Å². The summed E-state index contributed by atoms with van der Waals surface area (Å²) in [6, 6.07) is 11.2. The lowest BCUT2D eigenvalue weighted by Gasteiger charge is -2.42. The Hall–Kier alpha value is -2.91. The third kappa shape index (κ3) is 5.38. The summed E-state index contributed by atoms with van der Waals surface area (Å²) in [4.78, 5) is 27.3. The monoisotopic (exact) mass is 628 g/mol. The summed E-state index contributed by atoms with van der Waals surface area (Å²) in [5.41, 5.74) is 1.07. The molecular formula is C31H33BrO7S. The Bertz CT molecular complexity index is 1510. The number of carbonyl (C=O) groups excluding carboxylic acids is 2. The minimum absolute atomic E-state index is 0.00266. The number of ketones is 2. The van der Waals surface area contributed by atoms with Crippen molar-refractivity contribution in [2.45, 2.75) is 71.1 Å². The molecule has 1 heterocycles. The number of halogens is 1. The molecule has 0 bridgehead atoms. The zero-order chi connectivity index (χ0) is 29.0. The van der Waals surface area contributed by atoms with E-state index >= 15 is 0 Å². The molecule has 7 nitrogen and oxygen atoms in total. The van der Waals surface area contributed by atoms with Crippen molar-refractivity contribution in [1.29, 1.82) is 0 Å². The standard InChI is InChI=1S/C31H33BrO7S/c1-6-37-23-13-18(12-20(32)29(23)39-40(35,36)19-10-8-7-9-11-19)26-27-21(33)14-30(2,3)16-24(27)38-25-17-31(4,5)15-22(34)28(25)26/h7-13,26H,6,14-17H2,1-5H3. The summed E-state index contributed by atoms with van der Waals surface area (Å²) in [6.45, 7) is 10.2. The maximum absolute atomic E-state index is 13.6. The Balaban J connectivity index is 1.67. The number of hydrogen-bond acceptors (Lipinski definition) is 7. The van der Waals surface area contributed by atoms with Crippen LogP contribution in [0.15, 0.2) is 74.5 Å². The highest BCUT2D eigenvalue weighted by atomic mass is 79.9. The third-order valence-electron chi connectivity index (χ3n) is 7.47. The van der Waals surface area contributed by atoms with Gasteiger partial charge < -0.3 is 13.7 Å². The molecular weight excluding hydrogens is 596 g/mol. The highest BCUT2D eigenvalue weighted by Gasteiger charge is 2.48. The Morgan fingerprint density at radius 3 is 1.98 bits per heavy atom. The summed E-state index contributed by atoms with van der Waals surface area (Å²) in [7, 11) is -4.15. The average Bonchev–Trinajstić information content (AvgIpc) is 2.84. The number of allylic oxidation sites excluding steroid dienone is 4. The van der Waals surface area contributed by atoms with Crippen LogP contribution >= 0.6 is 15.9 Å². The molecule has 0 amide bonds. The molecule has 0 spiro atoms. The minimum atomic E-state index is -4.15. The van der Waals surface area contributed by atoms with Crippen LogP contribution in [0.1, 0.15) is 71.8 Å². The van der Waals surface area contributed by atoms with E-state index in [1.807, 2.05) is 27.7 Å². The minimum Gasteiger partial charge on any atom is -0.490 e. The number of rotatable bonds is 6. The fraction of sp³-hybridized carbons (Fsp3) is 0.419. The second-order valence-electron chi connectivity index (χ2n) is 12.2. The maximum Gasteiger partial charge on any atom is 0.339 e. The van der Waals surface area contributed by atoms with Crippen molar-refractivity contribution in [3.8, 4) is 11.5 Å². The Morgan fingerprint density at radius 2 is 1.45 bits per heavy atom. The zero-order valence-corrected chi connectivity index (χ0v) is 25.7. The van der Waals surface area contributed by atoms with E-state index in [1.54, 1.807) is 37.3 Å². The average molecular weight is 630 g/mol. The molecule has 0 fully saturated rings. The first-order valence-corrected chi connectivity index (χ1v) is 15.6. The smallest absolute Gasteiger partial charge is 0.339 e. The largest absolute Gasteiger partial charge is 0.490 e. The van der Waals surface area contributed by atoms with Crippen LogP contribution in [0, 0.1) is 10.8 Å². The molecule has 40 heavy (non-hydrogen) atoms. The van der Waals surface area contributed by atoms with Gasteiger partial charge in [-0.2, -0.15) is 8.42 Å². The van der Waals surface area contributed by atoms with E-state index in [2.05, 4.69) is 15.9 Å². The van der Waals surface area contributed by atoms with Crippen molar-refractivity contribution in [2.24, 2.45) is 10.8 Å². The predicted octanol–water partition coefficient (Wildman–Crippen LogP) is 7.02. The summed E-state index contributed by atoms with van der Waals surface area (Å²) < 4.78 is 44.3. The van der Waals surface area contributed by atoms with Crippen molar-refractivity contribution in [3.05, 3.63) is 75.2 Å². The van der Waals surface area contributed by atoms with Gasteiger partial charge in [-0.1, -0.05) is 45.9 Å². The zero-order valence-electron chi connectivity index (χ0n) is 23.3. The van der Waals surface area contributed by atoms with E-state index in [0.29, 0.717) is 58.4 Å². The quantitative estimate of drug-likeness (QED) is 0.317. The van der Waals surface area contributed by atoms with Crippen LogP contribution in [0.3, 0.4) is 0 Å². The first-order valence-electron chi connectivity index (χ1n) is 13.4. The second kappa shape index (κ2) is 10.2. The normalized spacial score (nSPS) is 20.6. The summed E-state index contributed by atoms with van der Waals surface area (Å²) in [5.74, 6) is 0.642. The molecule has 0 N–H and O–H groups in total. The Morgan fingerprint density at radius 1 is 0.900 bits per heavy atom. The topological polar surface area (TPSA) is 96.0 Å². The second-order valence-corrected chi connectivity index (χ2v) is 14.6. The van der Waals surface area contributed by atoms with Crippen molar-refractivity contribution < 1.29 is 31.7 Å². The number of hydrogen-bond donors (Lipinski definition) is 0.